The fourth-order valence-electron chi connectivity index (χ4n) is 2.66. The quantitative estimate of drug-likeness (QED) is 0.220. The van der Waals surface area contributed by atoms with E-state index in [1.54, 1.807) is 11.8 Å². The molecule has 0 aliphatic heterocycles. The summed E-state index contributed by atoms with van der Waals surface area (Å²) in [5.41, 5.74) is 2.58. The molecule has 5 nitrogen and oxygen atoms in total. The molecule has 0 saturated carbocycles. The van der Waals surface area contributed by atoms with E-state index in [1.807, 2.05) is 24.3 Å². The van der Waals surface area contributed by atoms with Gasteiger partial charge in [0.2, 0.25) is 0 Å². The first-order valence-electron chi connectivity index (χ1n) is 9.69. The first kappa shape index (κ1) is 21.5. The van der Waals surface area contributed by atoms with Crippen molar-refractivity contribution in [3.8, 4) is 0 Å². The predicted molar refractivity (Wildman–Crippen MR) is 124 cm³/mol. The van der Waals surface area contributed by atoms with Gasteiger partial charge in [0, 0.05) is 23.3 Å². The van der Waals surface area contributed by atoms with Crippen LogP contribution in [0.5, 0.6) is 0 Å². The Morgan fingerprint density at radius 3 is 2.41 bits per heavy atom. The largest absolute Gasteiger partial charge is 0.395 e. The van der Waals surface area contributed by atoms with E-state index in [-0.39, 0.29) is 6.61 Å². The smallest absolute Gasteiger partial charge is 0.191 e. The number of thioether (sulfide) groups is 1. The minimum Gasteiger partial charge on any atom is -0.395 e. The van der Waals surface area contributed by atoms with E-state index >= 15 is 0 Å². The first-order chi connectivity index (χ1) is 14.3. The number of hydrogen-bond donors (Lipinski definition) is 3. The summed E-state index contributed by atoms with van der Waals surface area (Å²) < 4.78 is 3.32. The number of nitrogens with zero attached hydrogens (tertiary/aromatic N) is 2. The highest BCUT2D eigenvalue weighted by atomic mass is 32.2. The number of hydrogen-bond acceptors (Lipinski definition) is 7. The maximum Gasteiger partial charge on any atom is 0.191 e. The summed E-state index contributed by atoms with van der Waals surface area (Å²) in [7, 11) is 0. The predicted octanol–water partition coefficient (Wildman–Crippen LogP) is 5.24. The Morgan fingerprint density at radius 2 is 1.69 bits per heavy atom. The van der Waals surface area contributed by atoms with Crippen LogP contribution in [-0.4, -0.2) is 28.2 Å². The van der Waals surface area contributed by atoms with Crippen LogP contribution >= 0.6 is 23.7 Å². The molecule has 3 rings (SSSR count). The molecule has 0 unspecified atom stereocenters. The number of rotatable bonds is 11. The van der Waals surface area contributed by atoms with Gasteiger partial charge in [-0.1, -0.05) is 67.6 Å². The highest BCUT2D eigenvalue weighted by Gasteiger charge is 2.07. The molecule has 0 saturated heterocycles. The van der Waals surface area contributed by atoms with E-state index in [0.29, 0.717) is 17.5 Å². The third-order valence-corrected chi connectivity index (χ3v) is 5.81. The number of benzene rings is 2. The molecule has 1 heterocycles. The molecule has 152 valence electrons. The average Bonchev–Trinajstić information content (AvgIpc) is 2.77. The van der Waals surface area contributed by atoms with Crippen LogP contribution in [0.1, 0.15) is 24.5 Å². The average molecular weight is 427 g/mol. The Morgan fingerprint density at radius 1 is 0.931 bits per heavy atom. The summed E-state index contributed by atoms with van der Waals surface area (Å²) in [6.07, 6.45) is 2.25. The van der Waals surface area contributed by atoms with Crippen LogP contribution in [0, 0.1) is 0 Å². The molecule has 0 radical (unpaired) electrons. The Bertz CT molecular complexity index is 876. The second-order valence-electron chi connectivity index (χ2n) is 6.44. The lowest BCUT2D eigenvalue weighted by Crippen LogP contribution is -2.08. The van der Waals surface area contributed by atoms with Gasteiger partial charge < -0.3 is 15.1 Å². The number of aromatic nitrogens is 2. The monoisotopic (exact) mass is 426 g/mol. The fourth-order valence-corrected chi connectivity index (χ4v) is 4.08. The third-order valence-electron chi connectivity index (χ3n) is 4.07. The van der Waals surface area contributed by atoms with Crippen molar-refractivity contribution in [3.05, 3.63) is 71.8 Å². The molecule has 29 heavy (non-hydrogen) atoms. The number of aryl methyl sites for hydroxylation is 1. The van der Waals surface area contributed by atoms with Gasteiger partial charge in [0.05, 0.1) is 6.61 Å². The molecule has 0 atom stereocenters. The lowest BCUT2D eigenvalue weighted by Gasteiger charge is -2.11. The maximum absolute atomic E-state index is 9.10. The van der Waals surface area contributed by atoms with Crippen molar-refractivity contribution in [2.24, 2.45) is 0 Å². The van der Waals surface area contributed by atoms with Gasteiger partial charge in [-0.25, -0.2) is 9.97 Å². The van der Waals surface area contributed by atoms with E-state index in [2.05, 4.69) is 63.3 Å². The molecule has 3 aromatic rings. The molecular weight excluding hydrogens is 400 g/mol. The van der Waals surface area contributed by atoms with Crippen molar-refractivity contribution < 1.29 is 5.11 Å². The zero-order valence-corrected chi connectivity index (χ0v) is 18.1. The van der Waals surface area contributed by atoms with Gasteiger partial charge in [-0.3, -0.25) is 0 Å². The molecule has 0 fully saturated rings. The maximum atomic E-state index is 9.10. The van der Waals surface area contributed by atoms with Crippen LogP contribution in [0.2, 0.25) is 0 Å². The normalized spacial score (nSPS) is 10.7. The molecule has 0 amide bonds. The number of aliphatic hydroxyl groups is 1. The van der Waals surface area contributed by atoms with Crippen LogP contribution in [-0.2, 0) is 12.2 Å². The number of nitrogens with one attached hydrogen (secondary N) is 2. The summed E-state index contributed by atoms with van der Waals surface area (Å²) in [4.78, 5) is 10.3. The number of aliphatic hydroxyl groups excluding tert-OH is 1. The molecule has 7 heteroatoms. The molecule has 0 bridgehead atoms. The molecule has 0 spiro atoms. The Hall–Kier alpha value is -2.22. The fraction of sp³-hybridized carbons (Fsp3) is 0.273. The van der Waals surface area contributed by atoms with Gasteiger partial charge in [-0.05, 0) is 41.6 Å². The second-order valence-corrected chi connectivity index (χ2v) is 8.27. The Kier molecular flexibility index (Phi) is 8.67. The number of anilines is 2. The molecule has 3 N–H and O–H groups in total. The van der Waals surface area contributed by atoms with E-state index in [1.165, 1.54) is 23.1 Å². The van der Waals surface area contributed by atoms with Crippen molar-refractivity contribution in [2.75, 3.05) is 23.2 Å². The second kappa shape index (κ2) is 11.7. The van der Waals surface area contributed by atoms with Gasteiger partial charge in [0.25, 0.3) is 0 Å². The molecule has 1 aromatic heterocycles. The summed E-state index contributed by atoms with van der Waals surface area (Å²) in [6.45, 7) is 2.69. The standard InChI is InChI=1S/C22H26N4OS2/c1-2-6-17-9-11-19(12-10-17)29-26-21-15-20(23-13-14-27)24-22(25-21)28-16-18-7-4-3-5-8-18/h3-5,7-12,15,27H,2,6,13-14,16H2,1H3,(H2,23,24,25,26). The Labute approximate surface area is 180 Å². The van der Waals surface area contributed by atoms with Crippen molar-refractivity contribution in [3.63, 3.8) is 0 Å². The first-order valence-corrected chi connectivity index (χ1v) is 11.5. The lowest BCUT2D eigenvalue weighted by molar-refractivity contribution is 0.311. The topological polar surface area (TPSA) is 70.1 Å². The van der Waals surface area contributed by atoms with Gasteiger partial charge >= 0.3 is 0 Å². The van der Waals surface area contributed by atoms with Gasteiger partial charge in [0.1, 0.15) is 11.6 Å². The molecule has 2 aromatic carbocycles. The van der Waals surface area contributed by atoms with Crippen LogP contribution in [0.3, 0.4) is 0 Å². The van der Waals surface area contributed by atoms with Crippen LogP contribution in [0.4, 0.5) is 11.6 Å². The van der Waals surface area contributed by atoms with Crippen molar-refractivity contribution in [2.45, 2.75) is 35.6 Å². The van der Waals surface area contributed by atoms with E-state index in [0.717, 1.165) is 29.3 Å². The van der Waals surface area contributed by atoms with E-state index in [4.69, 9.17) is 5.11 Å². The van der Waals surface area contributed by atoms with Crippen LogP contribution in [0.15, 0.2) is 70.7 Å². The SMILES string of the molecule is CCCc1ccc(SNc2cc(NCCO)nc(SCc3ccccc3)n2)cc1. The van der Waals surface area contributed by atoms with Gasteiger partial charge in [-0.2, -0.15) is 0 Å². The zero-order chi connectivity index (χ0) is 20.3. The third kappa shape index (κ3) is 7.27. The summed E-state index contributed by atoms with van der Waals surface area (Å²) >= 11 is 3.12. The minimum atomic E-state index is 0.0537. The van der Waals surface area contributed by atoms with E-state index in [9.17, 15) is 0 Å². The molecule has 0 aliphatic carbocycles. The summed E-state index contributed by atoms with van der Waals surface area (Å²) in [5.74, 6) is 2.24. The van der Waals surface area contributed by atoms with Gasteiger partial charge in [-0.15, -0.1) is 0 Å². The molecular formula is C22H26N4OS2. The van der Waals surface area contributed by atoms with Crippen LogP contribution < -0.4 is 10.0 Å². The summed E-state index contributed by atoms with van der Waals surface area (Å²) in [5, 5.41) is 12.9. The van der Waals surface area contributed by atoms with Crippen LogP contribution in [0.25, 0.3) is 0 Å². The van der Waals surface area contributed by atoms with E-state index < -0.39 is 0 Å². The summed E-state index contributed by atoms with van der Waals surface area (Å²) in [6, 6.07) is 20.7. The van der Waals surface area contributed by atoms with Gasteiger partial charge in [0.15, 0.2) is 5.16 Å². The van der Waals surface area contributed by atoms with Crippen molar-refractivity contribution >= 4 is 35.3 Å². The van der Waals surface area contributed by atoms with Crippen molar-refractivity contribution in [1.29, 1.82) is 0 Å². The highest BCUT2D eigenvalue weighted by Crippen LogP contribution is 2.26. The highest BCUT2D eigenvalue weighted by molar-refractivity contribution is 8.00. The minimum absolute atomic E-state index is 0.0537. The Balaban J connectivity index is 1.67. The van der Waals surface area contributed by atoms with Crippen molar-refractivity contribution in [1.82, 2.24) is 9.97 Å². The zero-order valence-electron chi connectivity index (χ0n) is 16.5. The molecule has 0 aliphatic rings. The lowest BCUT2D eigenvalue weighted by atomic mass is 10.1.